The number of hydrogen-bond donors (Lipinski definition) is 0. The van der Waals surface area contributed by atoms with E-state index in [4.69, 9.17) is 9.40 Å². The molecule has 0 saturated carbocycles. The van der Waals surface area contributed by atoms with Crippen LogP contribution in [0.1, 0.15) is 44.4 Å². The van der Waals surface area contributed by atoms with Gasteiger partial charge in [-0.25, -0.2) is 0 Å². The van der Waals surface area contributed by atoms with Gasteiger partial charge in [-0.15, -0.1) is 35.9 Å². The summed E-state index contributed by atoms with van der Waals surface area (Å²) in [5, 5.41) is 2.21. The van der Waals surface area contributed by atoms with Crippen LogP contribution < -0.4 is 4.57 Å². The molecule has 3 heterocycles. The number of fused-ring (bicyclic) bond motifs is 4. The van der Waals surface area contributed by atoms with E-state index in [-0.39, 0.29) is 20.1 Å². The van der Waals surface area contributed by atoms with Crippen molar-refractivity contribution in [1.29, 1.82) is 0 Å². The van der Waals surface area contributed by atoms with Gasteiger partial charge in [0.05, 0.1) is 34.3 Å². The van der Waals surface area contributed by atoms with Crippen LogP contribution in [-0.2, 0) is 32.9 Å². The van der Waals surface area contributed by atoms with E-state index in [1.807, 2.05) is 65.4 Å². The number of furan rings is 1. The van der Waals surface area contributed by atoms with E-state index in [0.29, 0.717) is 11.8 Å². The van der Waals surface area contributed by atoms with Gasteiger partial charge in [-0.05, 0) is 54.0 Å². The van der Waals surface area contributed by atoms with Gasteiger partial charge >= 0.3 is 20.1 Å². The Morgan fingerprint density at radius 3 is 2.14 bits per heavy atom. The molecule has 0 saturated heterocycles. The second-order valence-corrected chi connectivity index (χ2v) is 13.8. The fourth-order valence-electron chi connectivity index (χ4n) is 6.91. The molecule has 4 nitrogen and oxygen atoms in total. The SMILES string of the molecule is CC(C)Cc1cccc(CC(C)C)c1-n1c(-c2[c-]ccc3c2oc2ccccc23)nc2ccccc21.[CH2-]c1ccccc1-c1cccc[n+]1[CH2-].[Ir+3]. The van der Waals surface area contributed by atoms with E-state index in [1.165, 1.54) is 16.8 Å². The molecule has 0 radical (unpaired) electrons. The van der Waals surface area contributed by atoms with Gasteiger partial charge in [0.25, 0.3) is 0 Å². The van der Waals surface area contributed by atoms with Gasteiger partial charge in [0.2, 0.25) is 0 Å². The topological polar surface area (TPSA) is 34.8 Å². The van der Waals surface area contributed by atoms with Crippen molar-refractivity contribution in [3.8, 4) is 28.3 Å². The average molecular weight is 846 g/mol. The monoisotopic (exact) mass is 846 g/mol. The number of pyridine rings is 1. The molecular formula is C46H43IrN3O+. The van der Waals surface area contributed by atoms with Crippen LogP contribution in [0.25, 0.3) is 61.3 Å². The van der Waals surface area contributed by atoms with E-state index in [9.17, 15) is 0 Å². The quantitative estimate of drug-likeness (QED) is 0.118. The van der Waals surface area contributed by atoms with Gasteiger partial charge in [0.15, 0.2) is 0 Å². The predicted molar refractivity (Wildman–Crippen MR) is 207 cm³/mol. The molecule has 0 fully saturated rings. The number of imidazole rings is 1. The van der Waals surface area contributed by atoms with Gasteiger partial charge in [0, 0.05) is 18.1 Å². The normalized spacial score (nSPS) is 11.3. The second-order valence-electron chi connectivity index (χ2n) is 13.8. The molecule has 0 aliphatic carbocycles. The van der Waals surface area contributed by atoms with Gasteiger partial charge in [-0.2, -0.15) is 18.6 Å². The van der Waals surface area contributed by atoms with Crippen LogP contribution in [0.5, 0.6) is 0 Å². The summed E-state index contributed by atoms with van der Waals surface area (Å²) in [6.45, 7) is 13.1. The van der Waals surface area contributed by atoms with Crippen molar-refractivity contribution in [2.24, 2.45) is 11.8 Å². The second kappa shape index (κ2) is 15.4. The molecular weight excluding hydrogens is 803 g/mol. The number of rotatable bonds is 7. The van der Waals surface area contributed by atoms with E-state index < -0.39 is 0 Å². The molecule has 0 amide bonds. The summed E-state index contributed by atoms with van der Waals surface area (Å²) >= 11 is 0. The molecule has 51 heavy (non-hydrogen) atoms. The van der Waals surface area contributed by atoms with Crippen molar-refractivity contribution in [2.45, 2.75) is 40.5 Å². The molecule has 3 aromatic heterocycles. The minimum absolute atomic E-state index is 0. The third-order valence-corrected chi connectivity index (χ3v) is 9.04. The van der Waals surface area contributed by atoms with E-state index >= 15 is 0 Å². The maximum atomic E-state index is 6.43. The van der Waals surface area contributed by atoms with Crippen LogP contribution in [0.15, 0.2) is 132 Å². The maximum Gasteiger partial charge on any atom is 3.00 e. The Balaban J connectivity index is 0.000000251. The van der Waals surface area contributed by atoms with E-state index in [1.54, 1.807) is 0 Å². The van der Waals surface area contributed by atoms with Crippen LogP contribution in [-0.4, -0.2) is 9.55 Å². The van der Waals surface area contributed by atoms with Crippen molar-refractivity contribution in [2.75, 3.05) is 0 Å². The maximum absolute atomic E-state index is 6.43. The molecule has 0 bridgehead atoms. The average Bonchev–Trinajstić information content (AvgIpc) is 3.68. The third-order valence-electron chi connectivity index (χ3n) is 9.04. The Hall–Kier alpha value is -5.09. The summed E-state index contributed by atoms with van der Waals surface area (Å²) < 4.78 is 10.6. The smallest absolute Gasteiger partial charge is 0.501 e. The zero-order valence-electron chi connectivity index (χ0n) is 29.7. The van der Waals surface area contributed by atoms with Crippen molar-refractivity contribution >= 4 is 33.0 Å². The van der Waals surface area contributed by atoms with Crippen LogP contribution in [0.2, 0.25) is 0 Å². The number of aromatic nitrogens is 3. The van der Waals surface area contributed by atoms with Crippen LogP contribution in [0.4, 0.5) is 0 Å². The minimum atomic E-state index is 0. The van der Waals surface area contributed by atoms with Gasteiger partial charge < -0.3 is 13.6 Å². The van der Waals surface area contributed by atoms with Gasteiger partial charge in [-0.3, -0.25) is 4.98 Å². The molecule has 8 aromatic rings. The minimum Gasteiger partial charge on any atom is -0.501 e. The zero-order valence-corrected chi connectivity index (χ0v) is 32.1. The summed E-state index contributed by atoms with van der Waals surface area (Å²) in [7, 11) is 3.93. The fraction of sp³-hybridized carbons (Fsp3) is 0.174. The van der Waals surface area contributed by atoms with Gasteiger partial charge in [-0.1, -0.05) is 111 Å². The summed E-state index contributed by atoms with van der Waals surface area (Å²) in [6.07, 6.45) is 3.94. The standard InChI is InChI=1S/C33H31N2O.C13H12N.Ir/c1-21(2)19-23-11-9-12-24(20-22(3)4)31(23)35-29-17-7-6-16-28(29)34-33(35)27-15-10-14-26-25-13-5-8-18-30(25)36-32(26)27;1-11-7-3-4-8-12(11)13-9-5-6-10-14(13)2;/h5-14,16-18,21-22H,19-20H2,1-4H3;3-10H,1-2H2;/q2*-1;+3. The first-order chi connectivity index (χ1) is 24.3. The van der Waals surface area contributed by atoms with Crippen molar-refractivity contribution in [3.05, 3.63) is 164 Å². The fourth-order valence-corrected chi connectivity index (χ4v) is 6.91. The van der Waals surface area contributed by atoms with Crippen molar-refractivity contribution < 1.29 is 29.1 Å². The number of hydrogen-bond acceptors (Lipinski definition) is 2. The summed E-state index contributed by atoms with van der Waals surface area (Å²) in [5.41, 5.74) is 11.9. The molecule has 0 spiro atoms. The van der Waals surface area contributed by atoms with Crippen molar-refractivity contribution in [3.63, 3.8) is 0 Å². The first-order valence-electron chi connectivity index (χ1n) is 17.4. The Morgan fingerprint density at radius 2 is 1.41 bits per heavy atom. The molecule has 0 atom stereocenters. The molecule has 0 aliphatic heterocycles. The first kappa shape index (κ1) is 35.7. The van der Waals surface area contributed by atoms with Crippen molar-refractivity contribution in [1.82, 2.24) is 9.55 Å². The van der Waals surface area contributed by atoms with Gasteiger partial charge in [0.1, 0.15) is 5.58 Å². The zero-order chi connectivity index (χ0) is 34.8. The van der Waals surface area contributed by atoms with Crippen LogP contribution in [0.3, 0.4) is 0 Å². The Bertz CT molecular complexity index is 2360. The largest absolute Gasteiger partial charge is 3.00 e. The molecule has 0 aliphatic rings. The number of benzene rings is 5. The number of nitrogens with zero attached hydrogens (tertiary/aromatic N) is 3. The Morgan fingerprint density at radius 1 is 0.745 bits per heavy atom. The molecule has 5 heteroatoms. The number of para-hydroxylation sites is 4. The van der Waals surface area contributed by atoms with Crippen LogP contribution >= 0.6 is 0 Å². The summed E-state index contributed by atoms with van der Waals surface area (Å²) in [5.74, 6) is 1.96. The van der Waals surface area contributed by atoms with E-state index in [0.717, 1.165) is 74.0 Å². The Labute approximate surface area is 315 Å². The van der Waals surface area contributed by atoms with Crippen LogP contribution in [0, 0.1) is 31.9 Å². The molecule has 0 unspecified atom stereocenters. The predicted octanol–water partition coefficient (Wildman–Crippen LogP) is 11.2. The first-order valence-corrected chi connectivity index (χ1v) is 17.4. The molecule has 5 aromatic carbocycles. The molecule has 256 valence electrons. The summed E-state index contributed by atoms with van der Waals surface area (Å²) in [4.78, 5) is 5.19. The van der Waals surface area contributed by atoms with E-state index in [2.05, 4.69) is 119 Å². The molecule has 8 rings (SSSR count). The third kappa shape index (κ3) is 7.23. The summed E-state index contributed by atoms with van der Waals surface area (Å²) in [6, 6.07) is 45.1. The Kier molecular flexibility index (Phi) is 10.8. The molecule has 0 N–H and O–H groups in total.